The Labute approximate surface area is 74.9 Å². The Morgan fingerprint density at radius 3 is 3.00 bits per heavy atom. The van der Waals surface area contributed by atoms with Crippen LogP contribution >= 0.6 is 0 Å². The molecule has 68 valence electrons. The van der Waals surface area contributed by atoms with Crippen molar-refractivity contribution in [1.82, 2.24) is 5.16 Å². The molecule has 0 aliphatic heterocycles. The smallest absolute Gasteiger partial charge is 0.167 e. The highest BCUT2D eigenvalue weighted by molar-refractivity contribution is 5.79. The maximum atomic E-state index is 8.86. The van der Waals surface area contributed by atoms with E-state index in [1.165, 1.54) is 0 Å². The number of rotatable bonds is 2. The van der Waals surface area contributed by atoms with Crippen LogP contribution in [-0.2, 0) is 0 Å². The van der Waals surface area contributed by atoms with Gasteiger partial charge in [0.2, 0.25) is 0 Å². The zero-order chi connectivity index (χ0) is 9.26. The van der Waals surface area contributed by atoms with Gasteiger partial charge in [-0.15, -0.1) is 0 Å². The van der Waals surface area contributed by atoms with Crippen molar-refractivity contribution in [2.75, 3.05) is 6.61 Å². The molecule has 2 aromatic rings. The summed E-state index contributed by atoms with van der Waals surface area (Å²) in [7, 11) is 0. The Bertz CT molecular complexity index is 411. The van der Waals surface area contributed by atoms with Gasteiger partial charge in [-0.05, 0) is 12.1 Å². The van der Waals surface area contributed by atoms with Crippen molar-refractivity contribution in [3.63, 3.8) is 0 Å². The summed E-state index contributed by atoms with van der Waals surface area (Å²) in [5.74, 6) is 0. The molecule has 1 unspecified atom stereocenters. The number of aliphatic hydroxyl groups excluding tert-OH is 1. The molecule has 1 aromatic carbocycles. The number of aliphatic hydroxyl groups is 1. The SMILES string of the molecule is NC(CO)c1noc2ccccc12. The van der Waals surface area contributed by atoms with E-state index in [0.717, 1.165) is 5.39 Å². The van der Waals surface area contributed by atoms with Crippen molar-refractivity contribution in [2.24, 2.45) is 5.73 Å². The molecule has 2 rings (SSSR count). The Morgan fingerprint density at radius 2 is 2.23 bits per heavy atom. The second-order valence-corrected chi connectivity index (χ2v) is 2.85. The summed E-state index contributed by atoms with van der Waals surface area (Å²) in [6.07, 6.45) is 0. The topological polar surface area (TPSA) is 72.3 Å². The lowest BCUT2D eigenvalue weighted by atomic mass is 10.1. The summed E-state index contributed by atoms with van der Waals surface area (Å²) in [4.78, 5) is 0. The van der Waals surface area contributed by atoms with E-state index >= 15 is 0 Å². The molecule has 0 spiro atoms. The van der Waals surface area contributed by atoms with Gasteiger partial charge in [-0.25, -0.2) is 0 Å². The van der Waals surface area contributed by atoms with Crippen LogP contribution in [0.15, 0.2) is 28.8 Å². The first kappa shape index (κ1) is 8.22. The molecule has 3 N–H and O–H groups in total. The van der Waals surface area contributed by atoms with Crippen LogP contribution in [0.5, 0.6) is 0 Å². The van der Waals surface area contributed by atoms with Crippen LogP contribution in [0.2, 0.25) is 0 Å². The van der Waals surface area contributed by atoms with Crippen molar-refractivity contribution in [1.29, 1.82) is 0 Å². The molecule has 0 aliphatic rings. The lowest BCUT2D eigenvalue weighted by Crippen LogP contribution is -2.14. The third-order valence-corrected chi connectivity index (χ3v) is 1.95. The van der Waals surface area contributed by atoms with Crippen LogP contribution in [0, 0.1) is 0 Å². The summed E-state index contributed by atoms with van der Waals surface area (Å²) >= 11 is 0. The van der Waals surface area contributed by atoms with Crippen LogP contribution in [0.4, 0.5) is 0 Å². The highest BCUT2D eigenvalue weighted by Crippen LogP contribution is 2.21. The van der Waals surface area contributed by atoms with Crippen LogP contribution in [0.1, 0.15) is 11.7 Å². The van der Waals surface area contributed by atoms with Gasteiger partial charge in [0.25, 0.3) is 0 Å². The Morgan fingerprint density at radius 1 is 1.46 bits per heavy atom. The van der Waals surface area contributed by atoms with Crippen LogP contribution < -0.4 is 5.73 Å². The molecular formula is C9H10N2O2. The number of hydrogen-bond donors (Lipinski definition) is 2. The first-order valence-corrected chi connectivity index (χ1v) is 4.03. The number of nitrogens with zero attached hydrogens (tertiary/aromatic N) is 1. The van der Waals surface area contributed by atoms with Crippen molar-refractivity contribution >= 4 is 11.0 Å². The first-order valence-electron chi connectivity index (χ1n) is 4.03. The second kappa shape index (κ2) is 3.16. The molecule has 0 bridgehead atoms. The van der Waals surface area contributed by atoms with Crippen LogP contribution in [0.25, 0.3) is 11.0 Å². The summed E-state index contributed by atoms with van der Waals surface area (Å²) in [5.41, 5.74) is 6.94. The summed E-state index contributed by atoms with van der Waals surface area (Å²) < 4.78 is 5.03. The molecule has 13 heavy (non-hydrogen) atoms. The molecule has 1 atom stereocenters. The molecule has 4 heteroatoms. The van der Waals surface area contributed by atoms with Crippen molar-refractivity contribution < 1.29 is 9.63 Å². The maximum Gasteiger partial charge on any atom is 0.167 e. The van der Waals surface area contributed by atoms with E-state index < -0.39 is 6.04 Å². The fraction of sp³-hybridized carbons (Fsp3) is 0.222. The molecule has 0 radical (unpaired) electrons. The minimum atomic E-state index is -0.469. The monoisotopic (exact) mass is 178 g/mol. The summed E-state index contributed by atoms with van der Waals surface area (Å²) in [5, 5.41) is 13.5. The molecule has 0 saturated heterocycles. The number of benzene rings is 1. The lowest BCUT2D eigenvalue weighted by Gasteiger charge is -2.02. The molecule has 0 aliphatic carbocycles. The van der Waals surface area contributed by atoms with Gasteiger partial charge in [0.1, 0.15) is 5.69 Å². The fourth-order valence-corrected chi connectivity index (χ4v) is 1.26. The summed E-state index contributed by atoms with van der Waals surface area (Å²) in [6, 6.07) is 6.96. The first-order chi connectivity index (χ1) is 6.33. The van der Waals surface area contributed by atoms with E-state index in [1.807, 2.05) is 24.3 Å². The zero-order valence-corrected chi connectivity index (χ0v) is 6.97. The molecular weight excluding hydrogens is 168 g/mol. The Kier molecular flexibility index (Phi) is 2.00. The van der Waals surface area contributed by atoms with Crippen LogP contribution in [-0.4, -0.2) is 16.9 Å². The molecule has 0 amide bonds. The van der Waals surface area contributed by atoms with Gasteiger partial charge in [0.05, 0.1) is 12.6 Å². The van der Waals surface area contributed by atoms with E-state index in [0.29, 0.717) is 11.3 Å². The predicted octanol–water partition coefficient (Wildman–Crippen LogP) is 0.820. The average Bonchev–Trinajstić information content (AvgIpc) is 2.60. The Hall–Kier alpha value is -1.39. The van der Waals surface area contributed by atoms with E-state index in [2.05, 4.69) is 5.16 Å². The number of aromatic nitrogens is 1. The molecule has 0 saturated carbocycles. The molecule has 0 fully saturated rings. The Balaban J connectivity index is 2.57. The van der Waals surface area contributed by atoms with E-state index in [1.54, 1.807) is 0 Å². The molecule has 1 aromatic heterocycles. The summed E-state index contributed by atoms with van der Waals surface area (Å²) in [6.45, 7) is -0.128. The highest BCUT2D eigenvalue weighted by Gasteiger charge is 2.13. The third-order valence-electron chi connectivity index (χ3n) is 1.95. The number of fused-ring (bicyclic) bond motifs is 1. The zero-order valence-electron chi connectivity index (χ0n) is 6.97. The van der Waals surface area contributed by atoms with Crippen molar-refractivity contribution in [2.45, 2.75) is 6.04 Å². The normalized spacial score (nSPS) is 13.4. The largest absolute Gasteiger partial charge is 0.394 e. The van der Waals surface area contributed by atoms with Gasteiger partial charge in [-0.3, -0.25) is 0 Å². The van der Waals surface area contributed by atoms with Gasteiger partial charge in [0.15, 0.2) is 5.58 Å². The van der Waals surface area contributed by atoms with Gasteiger partial charge in [0, 0.05) is 5.39 Å². The number of hydrogen-bond acceptors (Lipinski definition) is 4. The minimum Gasteiger partial charge on any atom is -0.394 e. The van der Waals surface area contributed by atoms with Crippen molar-refractivity contribution in [3.05, 3.63) is 30.0 Å². The second-order valence-electron chi connectivity index (χ2n) is 2.85. The fourth-order valence-electron chi connectivity index (χ4n) is 1.26. The van der Waals surface area contributed by atoms with Crippen molar-refractivity contribution in [3.8, 4) is 0 Å². The van der Waals surface area contributed by atoms with E-state index in [9.17, 15) is 0 Å². The van der Waals surface area contributed by atoms with E-state index in [-0.39, 0.29) is 6.61 Å². The van der Waals surface area contributed by atoms with Gasteiger partial charge in [-0.1, -0.05) is 17.3 Å². The standard InChI is InChI=1S/C9H10N2O2/c10-7(5-12)9-6-3-1-2-4-8(6)13-11-9/h1-4,7,12H,5,10H2. The third kappa shape index (κ3) is 1.30. The van der Waals surface area contributed by atoms with Gasteiger partial charge >= 0.3 is 0 Å². The minimum absolute atomic E-state index is 0.128. The quantitative estimate of drug-likeness (QED) is 0.714. The number of nitrogens with two attached hydrogens (primary N) is 1. The van der Waals surface area contributed by atoms with Gasteiger partial charge in [-0.2, -0.15) is 0 Å². The molecule has 1 heterocycles. The maximum absolute atomic E-state index is 8.86. The number of para-hydroxylation sites is 1. The highest BCUT2D eigenvalue weighted by atomic mass is 16.5. The lowest BCUT2D eigenvalue weighted by molar-refractivity contribution is 0.262. The van der Waals surface area contributed by atoms with Crippen LogP contribution in [0.3, 0.4) is 0 Å². The average molecular weight is 178 g/mol. The van der Waals surface area contributed by atoms with E-state index in [4.69, 9.17) is 15.4 Å². The predicted molar refractivity (Wildman–Crippen MR) is 48.0 cm³/mol. The molecule has 4 nitrogen and oxygen atoms in total. The van der Waals surface area contributed by atoms with Gasteiger partial charge < -0.3 is 15.4 Å².